The fourth-order valence-electron chi connectivity index (χ4n) is 3.09. The molecule has 1 amide bonds. The molecule has 3 rings (SSSR count). The molecule has 3 nitrogen and oxygen atoms in total. The first-order valence-corrected chi connectivity index (χ1v) is 7.79. The van der Waals surface area contributed by atoms with Gasteiger partial charge < -0.3 is 9.64 Å². The molecule has 0 bridgehead atoms. The van der Waals surface area contributed by atoms with Crippen molar-refractivity contribution in [2.75, 3.05) is 13.7 Å². The van der Waals surface area contributed by atoms with Crippen molar-refractivity contribution in [1.29, 1.82) is 0 Å². The second kappa shape index (κ2) is 6.65. The Hall–Kier alpha value is -2.29. The van der Waals surface area contributed by atoms with Crippen LogP contribution in [0.15, 0.2) is 54.6 Å². The van der Waals surface area contributed by atoms with Crippen LogP contribution >= 0.6 is 0 Å². The van der Waals surface area contributed by atoms with E-state index in [0.717, 1.165) is 37.1 Å². The van der Waals surface area contributed by atoms with Crippen LogP contribution in [0, 0.1) is 0 Å². The van der Waals surface area contributed by atoms with Crippen molar-refractivity contribution in [1.82, 2.24) is 4.90 Å². The van der Waals surface area contributed by atoms with Gasteiger partial charge in [-0.2, -0.15) is 0 Å². The normalized spacial score (nSPS) is 18.0. The highest BCUT2D eigenvalue weighted by Crippen LogP contribution is 2.32. The minimum Gasteiger partial charge on any atom is -0.497 e. The predicted molar refractivity (Wildman–Crippen MR) is 87.1 cm³/mol. The van der Waals surface area contributed by atoms with E-state index in [1.807, 2.05) is 47.4 Å². The smallest absolute Gasteiger partial charge is 0.254 e. The number of nitrogens with zero attached hydrogens (tertiary/aromatic N) is 1. The fourth-order valence-corrected chi connectivity index (χ4v) is 3.09. The van der Waals surface area contributed by atoms with Gasteiger partial charge in [0.1, 0.15) is 5.75 Å². The van der Waals surface area contributed by atoms with E-state index in [9.17, 15) is 4.79 Å². The Balaban J connectivity index is 1.86. The summed E-state index contributed by atoms with van der Waals surface area (Å²) in [6.07, 6.45) is 3.26. The van der Waals surface area contributed by atoms with E-state index >= 15 is 0 Å². The number of hydrogen-bond acceptors (Lipinski definition) is 2. The van der Waals surface area contributed by atoms with Gasteiger partial charge in [0, 0.05) is 12.1 Å². The predicted octanol–water partition coefficient (Wildman–Crippen LogP) is 4.06. The van der Waals surface area contributed by atoms with Crippen LogP contribution in [-0.4, -0.2) is 24.5 Å². The quantitative estimate of drug-likeness (QED) is 0.854. The first kappa shape index (κ1) is 14.6. The number of rotatable bonds is 3. The molecular formula is C19H21NO2. The van der Waals surface area contributed by atoms with E-state index in [4.69, 9.17) is 4.74 Å². The maximum absolute atomic E-state index is 12.8. The average molecular weight is 295 g/mol. The van der Waals surface area contributed by atoms with Crippen molar-refractivity contribution in [2.45, 2.75) is 25.3 Å². The summed E-state index contributed by atoms with van der Waals surface area (Å²) in [5.74, 6) is 0.974. The lowest BCUT2D eigenvalue weighted by Crippen LogP contribution is -2.38. The number of piperidine rings is 1. The Kier molecular flexibility index (Phi) is 4.42. The van der Waals surface area contributed by atoms with Crippen LogP contribution in [0.2, 0.25) is 0 Å². The number of hydrogen-bond donors (Lipinski definition) is 0. The van der Waals surface area contributed by atoms with E-state index in [1.165, 1.54) is 5.56 Å². The third kappa shape index (κ3) is 2.98. The summed E-state index contributed by atoms with van der Waals surface area (Å²) < 4.78 is 5.22. The molecule has 1 atom stereocenters. The molecule has 0 aliphatic carbocycles. The molecule has 0 N–H and O–H groups in total. The zero-order chi connectivity index (χ0) is 15.4. The zero-order valence-corrected chi connectivity index (χ0v) is 12.9. The molecule has 0 radical (unpaired) electrons. The molecule has 1 unspecified atom stereocenters. The fraction of sp³-hybridized carbons (Fsp3) is 0.316. The van der Waals surface area contributed by atoms with Crippen molar-refractivity contribution < 1.29 is 9.53 Å². The van der Waals surface area contributed by atoms with Gasteiger partial charge in [0.05, 0.1) is 13.2 Å². The Labute approximate surface area is 131 Å². The first-order valence-electron chi connectivity index (χ1n) is 7.79. The summed E-state index contributed by atoms with van der Waals surface area (Å²) in [5, 5.41) is 0. The second-order valence-corrected chi connectivity index (χ2v) is 5.65. The highest BCUT2D eigenvalue weighted by atomic mass is 16.5. The lowest BCUT2D eigenvalue weighted by molar-refractivity contribution is 0.0611. The molecule has 1 saturated heterocycles. The van der Waals surface area contributed by atoms with Crippen LogP contribution in [0.1, 0.15) is 41.2 Å². The Morgan fingerprint density at radius 2 is 1.77 bits per heavy atom. The molecule has 1 aliphatic rings. The number of benzene rings is 2. The van der Waals surface area contributed by atoms with Crippen LogP contribution < -0.4 is 4.74 Å². The summed E-state index contributed by atoms with van der Waals surface area (Å²) in [6, 6.07) is 17.8. The summed E-state index contributed by atoms with van der Waals surface area (Å²) >= 11 is 0. The second-order valence-electron chi connectivity index (χ2n) is 5.65. The van der Waals surface area contributed by atoms with Crippen LogP contribution in [0.4, 0.5) is 0 Å². The van der Waals surface area contributed by atoms with Crippen LogP contribution in [0.3, 0.4) is 0 Å². The Morgan fingerprint density at radius 3 is 2.45 bits per heavy atom. The highest BCUT2D eigenvalue weighted by Gasteiger charge is 2.28. The van der Waals surface area contributed by atoms with Gasteiger partial charge in [-0.1, -0.05) is 30.3 Å². The van der Waals surface area contributed by atoms with Crippen LogP contribution in [0.25, 0.3) is 0 Å². The highest BCUT2D eigenvalue weighted by molar-refractivity contribution is 5.94. The maximum Gasteiger partial charge on any atom is 0.254 e. The molecule has 2 aromatic rings. The van der Waals surface area contributed by atoms with Gasteiger partial charge in [-0.25, -0.2) is 0 Å². The summed E-state index contributed by atoms with van der Waals surface area (Å²) in [6.45, 7) is 0.824. The number of carbonyl (C=O) groups is 1. The molecule has 1 aliphatic heterocycles. The Morgan fingerprint density at radius 1 is 1.05 bits per heavy atom. The minimum absolute atomic E-state index is 0.126. The number of methoxy groups -OCH3 is 1. The standard InChI is InChI=1S/C19H21NO2/c1-22-17-12-10-15(11-13-17)18-9-5-6-14-20(18)19(21)16-7-3-2-4-8-16/h2-4,7-8,10-13,18H,5-6,9,14H2,1H3. The molecule has 0 saturated carbocycles. The van der Waals surface area contributed by atoms with Gasteiger partial charge in [0.25, 0.3) is 5.91 Å². The van der Waals surface area contributed by atoms with E-state index in [1.54, 1.807) is 7.11 Å². The molecule has 0 spiro atoms. The van der Waals surface area contributed by atoms with Gasteiger partial charge >= 0.3 is 0 Å². The Bertz CT molecular complexity index is 622. The molecule has 2 aromatic carbocycles. The molecular weight excluding hydrogens is 274 g/mol. The van der Waals surface area contributed by atoms with Crippen LogP contribution in [-0.2, 0) is 0 Å². The van der Waals surface area contributed by atoms with E-state index in [2.05, 4.69) is 12.1 Å². The summed E-state index contributed by atoms with van der Waals surface area (Å²) in [4.78, 5) is 14.8. The molecule has 1 heterocycles. The monoisotopic (exact) mass is 295 g/mol. The summed E-state index contributed by atoms with van der Waals surface area (Å²) in [5.41, 5.74) is 1.95. The molecule has 3 heteroatoms. The van der Waals surface area contributed by atoms with E-state index < -0.39 is 0 Å². The molecule has 22 heavy (non-hydrogen) atoms. The largest absolute Gasteiger partial charge is 0.497 e. The van der Waals surface area contributed by atoms with Crippen molar-refractivity contribution in [3.63, 3.8) is 0 Å². The van der Waals surface area contributed by atoms with Crippen molar-refractivity contribution in [2.24, 2.45) is 0 Å². The topological polar surface area (TPSA) is 29.5 Å². The van der Waals surface area contributed by atoms with Gasteiger partial charge in [-0.15, -0.1) is 0 Å². The number of amides is 1. The molecule has 114 valence electrons. The first-order chi connectivity index (χ1) is 10.8. The molecule has 0 aromatic heterocycles. The van der Waals surface area contributed by atoms with Gasteiger partial charge in [0.15, 0.2) is 0 Å². The van der Waals surface area contributed by atoms with E-state index in [0.29, 0.717) is 0 Å². The van der Waals surface area contributed by atoms with Gasteiger partial charge in [-0.3, -0.25) is 4.79 Å². The van der Waals surface area contributed by atoms with Gasteiger partial charge in [-0.05, 0) is 49.1 Å². The lowest BCUT2D eigenvalue weighted by atomic mass is 9.94. The van der Waals surface area contributed by atoms with Crippen molar-refractivity contribution in [3.05, 3.63) is 65.7 Å². The number of ether oxygens (including phenoxy) is 1. The average Bonchev–Trinajstić information content (AvgIpc) is 2.62. The van der Waals surface area contributed by atoms with E-state index in [-0.39, 0.29) is 11.9 Å². The van der Waals surface area contributed by atoms with Gasteiger partial charge in [0.2, 0.25) is 0 Å². The SMILES string of the molecule is COc1ccc(C2CCCCN2C(=O)c2ccccc2)cc1. The minimum atomic E-state index is 0.126. The van der Waals surface area contributed by atoms with Crippen LogP contribution in [0.5, 0.6) is 5.75 Å². The molecule has 1 fully saturated rings. The maximum atomic E-state index is 12.8. The van der Waals surface area contributed by atoms with Crippen molar-refractivity contribution >= 4 is 5.91 Å². The summed E-state index contributed by atoms with van der Waals surface area (Å²) in [7, 11) is 1.67. The zero-order valence-electron chi connectivity index (χ0n) is 12.9. The third-order valence-corrected chi connectivity index (χ3v) is 4.28. The lowest BCUT2D eigenvalue weighted by Gasteiger charge is -2.36. The number of likely N-dealkylation sites (tertiary alicyclic amines) is 1. The third-order valence-electron chi connectivity index (χ3n) is 4.28. The van der Waals surface area contributed by atoms with Crippen molar-refractivity contribution in [3.8, 4) is 5.75 Å². The number of carbonyl (C=O) groups excluding carboxylic acids is 1.